The summed E-state index contributed by atoms with van der Waals surface area (Å²) in [5.74, 6) is 0. The van der Waals surface area contributed by atoms with Crippen molar-refractivity contribution in [3.8, 4) is 100 Å². The zero-order chi connectivity index (χ0) is 95.1. The van der Waals surface area contributed by atoms with E-state index in [4.69, 9.17) is 0 Å². The fraction of sp³-hybridized carbons (Fsp3) is 0. The highest BCUT2D eigenvalue weighted by atomic mass is 15.2. The van der Waals surface area contributed by atoms with Crippen LogP contribution in [0, 0.1) is 0 Å². The molecule has 0 aliphatic heterocycles. The average molecular weight is 1830 g/mol. The van der Waals surface area contributed by atoms with Crippen LogP contribution in [0.15, 0.2) is 558 Å². The van der Waals surface area contributed by atoms with Crippen LogP contribution in [0.4, 0.5) is 34.1 Å². The molecular formula is C140H92N4. The third kappa shape index (κ3) is 14.6. The zero-order valence-corrected chi connectivity index (χ0v) is 78.9. The second kappa shape index (κ2) is 35.8. The molecule has 0 amide bonds. The Morgan fingerprint density at radius 3 is 0.785 bits per heavy atom. The highest BCUT2D eigenvalue weighted by Crippen LogP contribution is 2.53. The van der Waals surface area contributed by atoms with Gasteiger partial charge in [-0.2, -0.15) is 0 Å². The van der Waals surface area contributed by atoms with Gasteiger partial charge in [-0.25, -0.2) is 0 Å². The van der Waals surface area contributed by atoms with Crippen molar-refractivity contribution < 1.29 is 0 Å². The van der Waals surface area contributed by atoms with Crippen LogP contribution in [0.5, 0.6) is 0 Å². The number of fused-ring (bicyclic) bond motifs is 14. The fourth-order valence-corrected chi connectivity index (χ4v) is 23.0. The molecule has 0 N–H and O–H groups in total. The third-order valence-corrected chi connectivity index (χ3v) is 29.5. The molecule has 2 aromatic heterocycles. The van der Waals surface area contributed by atoms with Crippen LogP contribution < -0.4 is 9.80 Å². The van der Waals surface area contributed by atoms with Gasteiger partial charge in [0.1, 0.15) is 0 Å². The van der Waals surface area contributed by atoms with Gasteiger partial charge in [0.2, 0.25) is 0 Å². The molecule has 28 aromatic rings. The molecule has 0 atom stereocenters. The van der Waals surface area contributed by atoms with Gasteiger partial charge in [0.15, 0.2) is 0 Å². The standard InChI is InChI=1S/2C70H46N2/c1-4-18-47(19-5-1)51-36-42-67-64(45-51)65-46-52(48-20-6-2-7-21-48)37-43-68(65)72(67)56-40-38-55(39-41-56)71(54-24-8-3-9-25-54)66-33-17-30-57-58(66)31-16-32-59(57)70-62-28-14-12-26-60(62)69(61-27-13-15-29-63(61)70)53-35-34-49-22-10-11-23-50(49)44-53;1-4-19-47(20-5-1)50-35-42-67-64(45-50)65-46-51(48-21-6-2-7-22-48)36-43-68(65)72(67)54-39-37-53(38-40-54)71(52-25-8-3-9-26-52)66-44-41-63(56-28-12-13-29-57(56)66)70-61-32-16-14-30-59(61)69(60-31-15-17-33-62(60)70)58-34-18-24-49-23-10-11-27-55(49)58/h2*1-46H. The summed E-state index contributed by atoms with van der Waals surface area (Å²) < 4.78 is 4.85. The molecule has 28 rings (SSSR count). The van der Waals surface area contributed by atoms with Crippen LogP contribution in [0.3, 0.4) is 0 Å². The highest BCUT2D eigenvalue weighted by molar-refractivity contribution is 6.28. The van der Waals surface area contributed by atoms with Gasteiger partial charge in [-0.05, 0) is 304 Å². The van der Waals surface area contributed by atoms with E-state index in [9.17, 15) is 0 Å². The summed E-state index contributed by atoms with van der Waals surface area (Å²) in [6, 6.07) is 205. The summed E-state index contributed by atoms with van der Waals surface area (Å²) in [5, 5.41) is 24.6. The normalized spacial score (nSPS) is 11.6. The molecule has 0 saturated heterocycles. The van der Waals surface area contributed by atoms with Crippen molar-refractivity contribution in [1.82, 2.24) is 9.13 Å². The maximum absolute atomic E-state index is 2.43. The van der Waals surface area contributed by atoms with E-state index in [-0.39, 0.29) is 0 Å². The molecule has 0 bridgehead atoms. The van der Waals surface area contributed by atoms with Crippen molar-refractivity contribution in [2.24, 2.45) is 0 Å². The molecule has 26 aromatic carbocycles. The Morgan fingerprint density at radius 1 is 0.125 bits per heavy atom. The summed E-state index contributed by atoms with van der Waals surface area (Å²) in [4.78, 5) is 4.83. The first-order chi connectivity index (χ1) is 71.5. The maximum Gasteiger partial charge on any atom is 0.0541 e. The molecule has 144 heavy (non-hydrogen) atoms. The second-order valence-corrected chi connectivity index (χ2v) is 37.6. The van der Waals surface area contributed by atoms with E-state index in [1.165, 1.54) is 219 Å². The Labute approximate surface area is 835 Å². The van der Waals surface area contributed by atoms with Gasteiger partial charge in [-0.3, -0.25) is 0 Å². The van der Waals surface area contributed by atoms with E-state index in [1.807, 2.05) is 0 Å². The van der Waals surface area contributed by atoms with Crippen molar-refractivity contribution in [2.75, 3.05) is 9.80 Å². The number of rotatable bonds is 16. The predicted molar refractivity (Wildman–Crippen MR) is 614 cm³/mol. The molecule has 2 heterocycles. The number of para-hydroxylation sites is 2. The quantitative estimate of drug-likeness (QED) is 0.0897. The Morgan fingerprint density at radius 2 is 0.389 bits per heavy atom. The van der Waals surface area contributed by atoms with Crippen molar-refractivity contribution in [3.05, 3.63) is 558 Å². The van der Waals surface area contributed by atoms with Crippen molar-refractivity contribution >= 4 is 164 Å². The first-order valence-electron chi connectivity index (χ1n) is 49.7. The number of benzene rings is 26. The lowest BCUT2D eigenvalue weighted by Crippen LogP contribution is -2.10. The monoisotopic (exact) mass is 1830 g/mol. The van der Waals surface area contributed by atoms with Crippen molar-refractivity contribution in [3.63, 3.8) is 0 Å². The van der Waals surface area contributed by atoms with Crippen LogP contribution in [-0.4, -0.2) is 9.13 Å². The lowest BCUT2D eigenvalue weighted by molar-refractivity contribution is 1.17. The first kappa shape index (κ1) is 84.3. The summed E-state index contributed by atoms with van der Waals surface area (Å²) >= 11 is 0. The lowest BCUT2D eigenvalue weighted by Gasteiger charge is -2.28. The topological polar surface area (TPSA) is 16.3 Å². The molecule has 0 aliphatic carbocycles. The van der Waals surface area contributed by atoms with E-state index >= 15 is 0 Å². The van der Waals surface area contributed by atoms with Gasteiger partial charge in [-0.1, -0.05) is 419 Å². The molecule has 4 heteroatoms. The number of hydrogen-bond acceptors (Lipinski definition) is 2. The Balaban J connectivity index is 0.000000143. The van der Waals surface area contributed by atoms with Gasteiger partial charge < -0.3 is 18.9 Å². The molecule has 0 saturated carbocycles. The van der Waals surface area contributed by atoms with E-state index < -0.39 is 0 Å². The van der Waals surface area contributed by atoms with E-state index in [2.05, 4.69) is 577 Å². The minimum atomic E-state index is 1.08. The average Bonchev–Trinajstić information content (AvgIpc) is 1.37. The van der Waals surface area contributed by atoms with Gasteiger partial charge in [-0.15, -0.1) is 0 Å². The molecule has 0 aliphatic rings. The fourth-order valence-electron chi connectivity index (χ4n) is 23.0. The van der Waals surface area contributed by atoms with Gasteiger partial charge >= 0.3 is 0 Å². The number of aromatic nitrogens is 2. The molecule has 672 valence electrons. The number of hydrogen-bond donors (Lipinski definition) is 0. The largest absolute Gasteiger partial charge is 0.310 e. The molecule has 0 radical (unpaired) electrons. The van der Waals surface area contributed by atoms with Gasteiger partial charge in [0.25, 0.3) is 0 Å². The Hall–Kier alpha value is -19.0. The number of nitrogens with zero attached hydrogens (tertiary/aromatic N) is 4. The molecule has 4 nitrogen and oxygen atoms in total. The van der Waals surface area contributed by atoms with Crippen LogP contribution in [0.1, 0.15) is 0 Å². The minimum absolute atomic E-state index is 1.08. The Bertz CT molecular complexity index is 9540. The lowest BCUT2D eigenvalue weighted by atomic mass is 9.83. The van der Waals surface area contributed by atoms with Crippen molar-refractivity contribution in [2.45, 2.75) is 0 Å². The maximum atomic E-state index is 2.43. The summed E-state index contributed by atoms with van der Waals surface area (Å²) in [6.07, 6.45) is 0. The molecule has 0 spiro atoms. The van der Waals surface area contributed by atoms with E-state index in [0.717, 1.165) is 45.5 Å². The molecule has 0 fully saturated rings. The molecular weight excluding hydrogens is 1740 g/mol. The van der Waals surface area contributed by atoms with Crippen LogP contribution in [0.2, 0.25) is 0 Å². The predicted octanol–water partition coefficient (Wildman–Crippen LogP) is 39.1. The van der Waals surface area contributed by atoms with Gasteiger partial charge in [0.05, 0.1) is 33.4 Å². The smallest absolute Gasteiger partial charge is 0.0541 e. The van der Waals surface area contributed by atoms with Crippen molar-refractivity contribution in [1.29, 1.82) is 0 Å². The summed E-state index contributed by atoms with van der Waals surface area (Å²) in [5.41, 5.74) is 33.1. The van der Waals surface area contributed by atoms with Crippen LogP contribution in [-0.2, 0) is 0 Å². The Kier molecular flexibility index (Phi) is 20.9. The summed E-state index contributed by atoms with van der Waals surface area (Å²) in [7, 11) is 0. The van der Waals surface area contributed by atoms with Crippen LogP contribution in [0.25, 0.3) is 230 Å². The SMILES string of the molecule is c1ccc(-c2ccc3c(c2)c2cc(-c4ccccc4)ccc2n3-c2ccc(N(c3ccccc3)c3ccc(-c4c5ccccc5c(-c5cccc6ccccc56)c5ccccc45)c4ccccc34)cc2)cc1.c1ccc(-c2ccc3c(c2)c2cc(-c4ccccc4)ccc2n3-c2ccc(N(c3ccccc3)c3cccc4c(-c5c6ccccc6c(-c6ccc7ccccc7c6)c6ccccc56)cccc34)cc2)cc1. The van der Waals surface area contributed by atoms with Crippen LogP contribution >= 0.6 is 0 Å². The molecule has 0 unspecified atom stereocenters. The number of anilines is 6. The zero-order valence-electron chi connectivity index (χ0n) is 78.9. The summed E-state index contributed by atoms with van der Waals surface area (Å²) in [6.45, 7) is 0. The highest BCUT2D eigenvalue weighted by Gasteiger charge is 2.28. The van der Waals surface area contributed by atoms with Gasteiger partial charge in [0, 0.05) is 66.4 Å². The van der Waals surface area contributed by atoms with E-state index in [0.29, 0.717) is 0 Å². The first-order valence-corrected chi connectivity index (χ1v) is 49.7. The third-order valence-electron chi connectivity index (χ3n) is 29.5. The second-order valence-electron chi connectivity index (χ2n) is 37.6. The van der Waals surface area contributed by atoms with E-state index in [1.54, 1.807) is 0 Å². The minimum Gasteiger partial charge on any atom is -0.310 e.